The third-order valence-corrected chi connectivity index (χ3v) is 5.03. The van der Waals surface area contributed by atoms with Gasteiger partial charge in [0.05, 0.1) is 0 Å². The predicted octanol–water partition coefficient (Wildman–Crippen LogP) is 5.30. The quantitative estimate of drug-likeness (QED) is 0.147. The molecule has 1 N–H and O–H groups in total. The second-order valence-corrected chi connectivity index (χ2v) is 8.76. The summed E-state index contributed by atoms with van der Waals surface area (Å²) in [6.45, 7) is 2.10. The number of nitrogens with one attached hydrogen (secondary N) is 1. The molecule has 0 bridgehead atoms. The molecule has 0 heterocycles. The molecule has 0 amide bonds. The van der Waals surface area contributed by atoms with Gasteiger partial charge in [0.1, 0.15) is 0 Å². The molecule has 0 spiro atoms. The molecule has 21 heavy (non-hydrogen) atoms. The molecule has 0 rings (SSSR count). The van der Waals surface area contributed by atoms with Crippen molar-refractivity contribution >= 4 is 48.3 Å². The molecule has 0 aliphatic rings. The number of hydrogen-bond acceptors (Lipinski definition) is 5. The first-order valence-electron chi connectivity index (χ1n) is 6.41. The minimum atomic E-state index is -3.60. The van der Waals surface area contributed by atoms with Crippen LogP contribution in [0.4, 0.5) is 0 Å². The molecule has 0 aromatic carbocycles. The number of allylic oxidation sites excluding steroid dienone is 1. The fourth-order valence-electron chi connectivity index (χ4n) is 1.40. The van der Waals surface area contributed by atoms with Gasteiger partial charge in [-0.2, -0.15) is 0 Å². The van der Waals surface area contributed by atoms with Crippen LogP contribution in [0.15, 0.2) is 12.2 Å². The van der Waals surface area contributed by atoms with E-state index in [4.69, 9.17) is 54.0 Å². The van der Waals surface area contributed by atoms with Gasteiger partial charge in [0, 0.05) is 14.2 Å². The second kappa shape index (κ2) is 10.1. The van der Waals surface area contributed by atoms with Crippen molar-refractivity contribution in [3.05, 3.63) is 12.2 Å². The maximum atomic E-state index is 12.4. The Balaban J connectivity index is 4.95. The summed E-state index contributed by atoms with van der Waals surface area (Å²) in [4.78, 5) is 0. The Morgan fingerprint density at radius 2 is 1.86 bits per heavy atom. The third kappa shape index (κ3) is 7.87. The van der Waals surface area contributed by atoms with Crippen LogP contribution < -0.4 is 0 Å². The Labute approximate surface area is 140 Å². The standard InChI is InChI=1S/C12H21Cl3NO4P/c1-4-5-6-7-8-9-10(21(17,18-2)19-3)20-11(16)12(13,14)15/h8-10,16H,4-7H2,1-3H3/b9-8+,16-11?. The number of rotatable bonds is 9. The van der Waals surface area contributed by atoms with Crippen LogP contribution >= 0.6 is 42.4 Å². The number of hydrogen-bond donors (Lipinski definition) is 1. The molecule has 0 aromatic rings. The normalized spacial score (nSPS) is 14.4. The van der Waals surface area contributed by atoms with E-state index in [0.717, 1.165) is 25.7 Å². The highest BCUT2D eigenvalue weighted by atomic mass is 35.6. The molecule has 124 valence electrons. The zero-order valence-corrected chi connectivity index (χ0v) is 15.4. The van der Waals surface area contributed by atoms with E-state index in [1.54, 1.807) is 6.08 Å². The molecule has 5 nitrogen and oxygen atoms in total. The van der Waals surface area contributed by atoms with Crippen molar-refractivity contribution < 1.29 is 18.3 Å². The summed E-state index contributed by atoms with van der Waals surface area (Å²) in [6, 6.07) is 0. The van der Waals surface area contributed by atoms with E-state index in [1.165, 1.54) is 20.3 Å². The maximum absolute atomic E-state index is 12.4. The molecule has 0 saturated carbocycles. The van der Waals surface area contributed by atoms with Gasteiger partial charge in [-0.05, 0) is 18.9 Å². The second-order valence-electron chi connectivity index (χ2n) is 4.16. The number of halogens is 3. The first-order valence-corrected chi connectivity index (χ1v) is 9.16. The summed E-state index contributed by atoms with van der Waals surface area (Å²) in [5.74, 6) is -1.79. The van der Waals surface area contributed by atoms with Crippen LogP contribution in [0.1, 0.15) is 32.6 Å². The average Bonchev–Trinajstić information content (AvgIpc) is 2.43. The topological polar surface area (TPSA) is 68.6 Å². The van der Waals surface area contributed by atoms with Gasteiger partial charge in [0.25, 0.3) is 3.79 Å². The maximum Gasteiger partial charge on any atom is 0.374 e. The Bertz CT molecular complexity index is 390. The molecule has 0 aromatic heterocycles. The van der Waals surface area contributed by atoms with Gasteiger partial charge in [0.15, 0.2) is 0 Å². The number of alkyl halides is 3. The highest BCUT2D eigenvalue weighted by molar-refractivity contribution is 7.54. The van der Waals surface area contributed by atoms with Gasteiger partial charge in [0.2, 0.25) is 11.7 Å². The summed E-state index contributed by atoms with van der Waals surface area (Å²) in [5, 5.41) is 7.56. The molecule has 0 fully saturated rings. The van der Waals surface area contributed by atoms with Crippen molar-refractivity contribution in [1.82, 2.24) is 0 Å². The lowest BCUT2D eigenvalue weighted by molar-refractivity contribution is 0.203. The van der Waals surface area contributed by atoms with Gasteiger partial charge in [-0.15, -0.1) is 0 Å². The lowest BCUT2D eigenvalue weighted by atomic mass is 10.2. The van der Waals surface area contributed by atoms with Crippen LogP contribution in [0.5, 0.6) is 0 Å². The van der Waals surface area contributed by atoms with E-state index >= 15 is 0 Å². The molecule has 0 saturated heterocycles. The molecular formula is C12H21Cl3NO4P. The molecule has 1 atom stereocenters. The van der Waals surface area contributed by atoms with Crippen LogP contribution in [0.3, 0.4) is 0 Å². The van der Waals surface area contributed by atoms with Gasteiger partial charge >= 0.3 is 7.60 Å². The summed E-state index contributed by atoms with van der Waals surface area (Å²) in [7, 11) is -1.14. The zero-order chi connectivity index (χ0) is 16.5. The lowest BCUT2D eigenvalue weighted by Crippen LogP contribution is -2.27. The predicted molar refractivity (Wildman–Crippen MR) is 87.8 cm³/mol. The van der Waals surface area contributed by atoms with Crippen molar-refractivity contribution in [2.75, 3.05) is 14.2 Å². The fourth-order valence-corrected chi connectivity index (χ4v) is 2.67. The summed E-state index contributed by atoms with van der Waals surface area (Å²) < 4.78 is 25.2. The van der Waals surface area contributed by atoms with Crippen LogP contribution in [0, 0.1) is 5.41 Å². The Morgan fingerprint density at radius 1 is 1.29 bits per heavy atom. The minimum absolute atomic E-state index is 0.648. The van der Waals surface area contributed by atoms with E-state index in [-0.39, 0.29) is 0 Å². The monoisotopic (exact) mass is 379 g/mol. The van der Waals surface area contributed by atoms with Crippen molar-refractivity contribution in [2.45, 2.75) is 42.2 Å². The first-order chi connectivity index (χ1) is 9.71. The van der Waals surface area contributed by atoms with Crippen LogP contribution in [0.2, 0.25) is 0 Å². The smallest absolute Gasteiger partial charge is 0.374 e. The molecule has 0 radical (unpaired) electrons. The molecule has 0 aliphatic carbocycles. The summed E-state index contributed by atoms with van der Waals surface area (Å²) in [6.07, 6.45) is 7.26. The zero-order valence-electron chi connectivity index (χ0n) is 12.3. The van der Waals surface area contributed by atoms with Gasteiger partial charge in [-0.3, -0.25) is 9.97 Å². The highest BCUT2D eigenvalue weighted by Gasteiger charge is 2.39. The van der Waals surface area contributed by atoms with Gasteiger partial charge < -0.3 is 13.8 Å². The van der Waals surface area contributed by atoms with Crippen molar-refractivity contribution in [3.63, 3.8) is 0 Å². The summed E-state index contributed by atoms with van der Waals surface area (Å²) >= 11 is 16.7. The Hall–Kier alpha value is 0.230. The highest BCUT2D eigenvalue weighted by Crippen LogP contribution is 2.53. The van der Waals surface area contributed by atoms with E-state index < -0.39 is 23.1 Å². The number of ether oxygens (including phenoxy) is 1. The third-order valence-electron chi connectivity index (χ3n) is 2.59. The van der Waals surface area contributed by atoms with Crippen molar-refractivity contribution in [3.8, 4) is 0 Å². The first kappa shape index (κ1) is 21.2. The molecular weight excluding hydrogens is 359 g/mol. The van der Waals surface area contributed by atoms with Gasteiger partial charge in [-0.25, -0.2) is 0 Å². The largest absolute Gasteiger partial charge is 0.457 e. The fraction of sp³-hybridized carbons (Fsp3) is 0.750. The molecule has 1 unspecified atom stereocenters. The lowest BCUT2D eigenvalue weighted by Gasteiger charge is -2.24. The van der Waals surface area contributed by atoms with E-state index in [9.17, 15) is 4.57 Å². The Morgan fingerprint density at radius 3 is 2.29 bits per heavy atom. The molecule has 0 aliphatic heterocycles. The van der Waals surface area contributed by atoms with E-state index in [1.807, 2.05) is 0 Å². The van der Waals surface area contributed by atoms with Crippen LogP contribution in [0.25, 0.3) is 0 Å². The SMILES string of the molecule is CCCCC/C=C/C(OC(=N)C(Cl)(Cl)Cl)P(=O)(OC)OC. The van der Waals surface area contributed by atoms with Crippen LogP contribution in [-0.4, -0.2) is 29.8 Å². The number of unbranched alkanes of at least 4 members (excludes halogenated alkanes) is 3. The average molecular weight is 381 g/mol. The van der Waals surface area contributed by atoms with E-state index in [2.05, 4.69) is 6.92 Å². The van der Waals surface area contributed by atoms with E-state index in [0.29, 0.717) is 0 Å². The molecule has 9 heteroatoms. The van der Waals surface area contributed by atoms with Crippen LogP contribution in [-0.2, 0) is 18.3 Å². The summed E-state index contributed by atoms with van der Waals surface area (Å²) in [5.41, 5.74) is 0. The minimum Gasteiger partial charge on any atom is -0.457 e. The van der Waals surface area contributed by atoms with Gasteiger partial charge in [-0.1, -0.05) is 60.6 Å². The van der Waals surface area contributed by atoms with Crippen molar-refractivity contribution in [2.24, 2.45) is 0 Å². The Kier molecular flexibility index (Phi) is 10.2. The van der Waals surface area contributed by atoms with Crippen molar-refractivity contribution in [1.29, 1.82) is 5.41 Å².